The monoisotopic (exact) mass is 529 g/mol. The molecule has 0 aliphatic carbocycles. The molecule has 5 rings (SSSR count). The van der Waals surface area contributed by atoms with Crippen molar-refractivity contribution in [3.63, 3.8) is 0 Å². The number of pyridine rings is 1. The Morgan fingerprint density at radius 2 is 1.59 bits per heavy atom. The topological polar surface area (TPSA) is 87.2 Å². The van der Waals surface area contributed by atoms with Crippen molar-refractivity contribution in [3.05, 3.63) is 89.7 Å². The molecule has 2 aromatic carbocycles. The summed E-state index contributed by atoms with van der Waals surface area (Å²) >= 11 is 0. The van der Waals surface area contributed by atoms with Gasteiger partial charge in [-0.3, -0.25) is 19.6 Å². The molecule has 0 saturated carbocycles. The van der Waals surface area contributed by atoms with Gasteiger partial charge in [-0.2, -0.15) is 0 Å². The van der Waals surface area contributed by atoms with Crippen LogP contribution >= 0.6 is 0 Å². The highest BCUT2D eigenvalue weighted by Gasteiger charge is 2.22. The van der Waals surface area contributed by atoms with Crippen LogP contribution in [-0.2, 0) is 17.7 Å². The lowest BCUT2D eigenvalue weighted by molar-refractivity contribution is 0.0342. The first-order chi connectivity index (χ1) is 19.1. The highest BCUT2D eigenvalue weighted by molar-refractivity contribution is 6.04. The van der Waals surface area contributed by atoms with Crippen molar-refractivity contribution in [1.29, 1.82) is 0 Å². The SMILES string of the molecule is O=C(Nc1ccc(OC(=O)N2CCN(CCc3cccnc3)CC2)cc1)c1ccc(CN2CCOCC2)cc1. The maximum atomic E-state index is 12.7. The first-order valence-corrected chi connectivity index (χ1v) is 13.5. The minimum absolute atomic E-state index is 0.181. The van der Waals surface area contributed by atoms with E-state index in [4.69, 9.17) is 9.47 Å². The fourth-order valence-corrected chi connectivity index (χ4v) is 4.74. The molecule has 2 aliphatic rings. The quantitative estimate of drug-likeness (QED) is 0.478. The van der Waals surface area contributed by atoms with Gasteiger partial charge in [0.15, 0.2) is 0 Å². The summed E-state index contributed by atoms with van der Waals surface area (Å²) in [6.45, 7) is 8.08. The van der Waals surface area contributed by atoms with Crippen molar-refractivity contribution < 1.29 is 19.1 Å². The highest BCUT2D eigenvalue weighted by atomic mass is 16.6. The molecule has 2 fully saturated rings. The lowest BCUT2D eigenvalue weighted by atomic mass is 10.1. The number of hydrogen-bond donors (Lipinski definition) is 1. The predicted molar refractivity (Wildman–Crippen MR) is 149 cm³/mol. The van der Waals surface area contributed by atoms with Crippen molar-refractivity contribution in [2.24, 2.45) is 0 Å². The summed E-state index contributed by atoms with van der Waals surface area (Å²) in [6, 6.07) is 18.6. The summed E-state index contributed by atoms with van der Waals surface area (Å²) in [7, 11) is 0. The van der Waals surface area contributed by atoms with E-state index in [2.05, 4.69) is 26.2 Å². The second-order valence-corrected chi connectivity index (χ2v) is 9.87. The number of amides is 2. The van der Waals surface area contributed by atoms with E-state index in [1.807, 2.05) is 36.5 Å². The molecule has 0 bridgehead atoms. The summed E-state index contributed by atoms with van der Waals surface area (Å²) in [5, 5.41) is 2.91. The van der Waals surface area contributed by atoms with Gasteiger partial charge >= 0.3 is 6.09 Å². The summed E-state index contributed by atoms with van der Waals surface area (Å²) < 4.78 is 11.0. The number of carbonyl (C=O) groups is 2. The zero-order chi connectivity index (χ0) is 26.9. The summed E-state index contributed by atoms with van der Waals surface area (Å²) in [4.78, 5) is 36.0. The van der Waals surface area contributed by atoms with E-state index in [9.17, 15) is 9.59 Å². The van der Waals surface area contributed by atoms with Crippen LogP contribution in [0, 0.1) is 0 Å². The first kappa shape index (κ1) is 26.8. The number of morpholine rings is 1. The molecule has 2 aliphatic heterocycles. The summed E-state index contributed by atoms with van der Waals surface area (Å²) in [5.41, 5.74) is 3.62. The van der Waals surface area contributed by atoms with Gasteiger partial charge in [0.05, 0.1) is 13.2 Å². The molecule has 2 amide bonds. The summed E-state index contributed by atoms with van der Waals surface area (Å²) in [5.74, 6) is 0.267. The van der Waals surface area contributed by atoms with Crippen LogP contribution in [0.3, 0.4) is 0 Å². The Balaban J connectivity index is 1.04. The van der Waals surface area contributed by atoms with Gasteiger partial charge in [0.25, 0.3) is 5.91 Å². The number of carbonyl (C=O) groups excluding carboxylic acids is 2. The number of rotatable bonds is 8. The molecule has 0 spiro atoms. The molecule has 9 heteroatoms. The van der Waals surface area contributed by atoms with Gasteiger partial charge in [-0.25, -0.2) is 4.79 Å². The van der Waals surface area contributed by atoms with Gasteiger partial charge in [-0.05, 0) is 60.0 Å². The number of hydrogen-bond acceptors (Lipinski definition) is 7. The van der Waals surface area contributed by atoms with Crippen LogP contribution in [0.5, 0.6) is 5.75 Å². The zero-order valence-corrected chi connectivity index (χ0v) is 22.1. The van der Waals surface area contributed by atoms with Crippen molar-refractivity contribution in [2.75, 3.05) is 64.3 Å². The molecule has 0 radical (unpaired) electrons. The Morgan fingerprint density at radius 1 is 0.846 bits per heavy atom. The van der Waals surface area contributed by atoms with Crippen molar-refractivity contribution >= 4 is 17.7 Å². The number of aromatic nitrogens is 1. The van der Waals surface area contributed by atoms with Crippen LogP contribution in [0.2, 0.25) is 0 Å². The van der Waals surface area contributed by atoms with E-state index in [-0.39, 0.29) is 12.0 Å². The van der Waals surface area contributed by atoms with Crippen LogP contribution < -0.4 is 10.1 Å². The normalized spacial score (nSPS) is 16.6. The Labute approximate surface area is 229 Å². The third-order valence-corrected chi connectivity index (χ3v) is 7.11. The number of benzene rings is 2. The number of nitrogens with one attached hydrogen (secondary N) is 1. The zero-order valence-electron chi connectivity index (χ0n) is 22.1. The van der Waals surface area contributed by atoms with Crippen LogP contribution in [0.15, 0.2) is 73.1 Å². The number of anilines is 1. The van der Waals surface area contributed by atoms with Gasteiger partial charge in [-0.15, -0.1) is 0 Å². The molecule has 0 atom stereocenters. The standard InChI is InChI=1S/C30H35N5O4/c36-29(26-5-3-25(4-6-26)23-34-18-20-38-21-19-34)32-27-7-9-28(10-8-27)39-30(37)35-16-14-33(15-17-35)13-11-24-2-1-12-31-22-24/h1-10,12,22H,11,13-21,23H2,(H,32,36). The van der Waals surface area contributed by atoms with Crippen LogP contribution in [0.4, 0.5) is 10.5 Å². The van der Waals surface area contributed by atoms with Crippen LogP contribution in [0.1, 0.15) is 21.5 Å². The Bertz CT molecular complexity index is 1210. The number of nitrogens with zero attached hydrogens (tertiary/aromatic N) is 4. The minimum Gasteiger partial charge on any atom is -0.410 e. The van der Waals surface area contributed by atoms with E-state index >= 15 is 0 Å². The lowest BCUT2D eigenvalue weighted by Crippen LogP contribution is -2.49. The van der Waals surface area contributed by atoms with Gasteiger partial charge in [0.2, 0.25) is 0 Å². The van der Waals surface area contributed by atoms with Crippen molar-refractivity contribution in [1.82, 2.24) is 19.7 Å². The predicted octanol–water partition coefficient (Wildman–Crippen LogP) is 3.53. The van der Waals surface area contributed by atoms with Crippen molar-refractivity contribution in [3.8, 4) is 5.75 Å². The average Bonchev–Trinajstić information content (AvgIpc) is 2.99. The first-order valence-electron chi connectivity index (χ1n) is 13.5. The molecule has 1 N–H and O–H groups in total. The Kier molecular flexibility index (Phi) is 9.16. The van der Waals surface area contributed by atoms with Crippen LogP contribution in [0.25, 0.3) is 0 Å². The molecule has 204 valence electrons. The van der Waals surface area contributed by atoms with Gasteiger partial charge in [0, 0.05) is 76.0 Å². The second kappa shape index (κ2) is 13.3. The molecule has 3 heterocycles. The largest absolute Gasteiger partial charge is 0.415 e. The van der Waals surface area contributed by atoms with E-state index in [0.29, 0.717) is 30.1 Å². The average molecular weight is 530 g/mol. The third-order valence-electron chi connectivity index (χ3n) is 7.11. The molecular weight excluding hydrogens is 494 g/mol. The van der Waals surface area contributed by atoms with E-state index in [0.717, 1.165) is 58.9 Å². The highest BCUT2D eigenvalue weighted by Crippen LogP contribution is 2.18. The summed E-state index contributed by atoms with van der Waals surface area (Å²) in [6.07, 6.45) is 4.28. The smallest absolute Gasteiger partial charge is 0.410 e. The second-order valence-electron chi connectivity index (χ2n) is 9.87. The lowest BCUT2D eigenvalue weighted by Gasteiger charge is -2.34. The Hall–Kier alpha value is -3.79. The fraction of sp³-hybridized carbons (Fsp3) is 0.367. The molecule has 0 unspecified atom stereocenters. The minimum atomic E-state index is -0.351. The Morgan fingerprint density at radius 3 is 2.28 bits per heavy atom. The molecule has 2 saturated heterocycles. The molecule has 1 aromatic heterocycles. The van der Waals surface area contributed by atoms with Gasteiger partial charge < -0.3 is 19.7 Å². The van der Waals surface area contributed by atoms with E-state index in [1.54, 1.807) is 35.4 Å². The third kappa shape index (κ3) is 7.86. The fourth-order valence-electron chi connectivity index (χ4n) is 4.74. The van der Waals surface area contributed by atoms with E-state index in [1.165, 1.54) is 11.1 Å². The van der Waals surface area contributed by atoms with Gasteiger partial charge in [-0.1, -0.05) is 18.2 Å². The number of piperazine rings is 1. The van der Waals surface area contributed by atoms with Crippen molar-refractivity contribution in [2.45, 2.75) is 13.0 Å². The van der Waals surface area contributed by atoms with E-state index < -0.39 is 0 Å². The molecule has 3 aromatic rings. The number of ether oxygens (including phenoxy) is 2. The molecule has 9 nitrogen and oxygen atoms in total. The molecular formula is C30H35N5O4. The maximum Gasteiger partial charge on any atom is 0.415 e. The molecule has 39 heavy (non-hydrogen) atoms. The van der Waals surface area contributed by atoms with Crippen LogP contribution in [-0.4, -0.2) is 90.7 Å². The maximum absolute atomic E-state index is 12.7. The van der Waals surface area contributed by atoms with Gasteiger partial charge in [0.1, 0.15) is 5.75 Å².